The molecule has 1 amide bonds. The van der Waals surface area contributed by atoms with Gasteiger partial charge in [-0.2, -0.15) is 29.7 Å². The fraction of sp³-hybridized carbons (Fsp3) is 0.381. The van der Waals surface area contributed by atoms with Crippen LogP contribution in [0.4, 0.5) is 13.2 Å². The minimum absolute atomic E-state index is 0.152. The van der Waals surface area contributed by atoms with E-state index in [0.29, 0.717) is 22.6 Å². The molecule has 0 saturated carbocycles. The average Bonchev–Trinajstić information content (AvgIpc) is 2.77. The molecule has 0 fully saturated rings. The molecule has 0 saturated heterocycles. The lowest BCUT2D eigenvalue weighted by atomic mass is 10.2. The first-order chi connectivity index (χ1) is 15.4. The number of ether oxygens (including phenoxy) is 1. The number of alkyl halides is 3. The smallest absolute Gasteiger partial charge is 0.416 e. The van der Waals surface area contributed by atoms with Gasteiger partial charge in [-0.25, -0.2) is 8.42 Å². The highest BCUT2D eigenvalue weighted by Gasteiger charge is 2.33. The minimum atomic E-state index is -4.69. The van der Waals surface area contributed by atoms with Crippen LogP contribution in [-0.2, 0) is 21.0 Å². The van der Waals surface area contributed by atoms with E-state index in [1.807, 2.05) is 0 Å². The van der Waals surface area contributed by atoms with E-state index in [-0.39, 0.29) is 19.6 Å². The zero-order chi connectivity index (χ0) is 24.6. The highest BCUT2D eigenvalue weighted by molar-refractivity contribution is 7.98. The van der Waals surface area contributed by atoms with Crippen molar-refractivity contribution in [2.24, 2.45) is 0 Å². The van der Waals surface area contributed by atoms with Gasteiger partial charge in [0.1, 0.15) is 18.4 Å². The standard InChI is InChI=1S/C21H24ClF3N2O4S2/c1-27(11-12-31-17-8-6-16(22)7-9-17)20(28)19(10-13-32-2)26-33(29,30)18-5-3-4-15(14-18)21(23,24)25/h3-9,14,19,26H,10-13H2,1-2H3/t19-/m1/s1. The first-order valence-corrected chi connectivity index (χ1v) is 13.0. The van der Waals surface area contributed by atoms with Crippen LogP contribution >= 0.6 is 23.4 Å². The fourth-order valence-corrected chi connectivity index (χ4v) is 4.64. The maximum absolute atomic E-state index is 13.0. The molecule has 2 aromatic carbocycles. The Morgan fingerprint density at radius 3 is 2.48 bits per heavy atom. The number of halogens is 4. The molecule has 12 heteroatoms. The van der Waals surface area contributed by atoms with Crippen LogP contribution in [0.15, 0.2) is 53.4 Å². The lowest BCUT2D eigenvalue weighted by Crippen LogP contribution is -2.48. The van der Waals surface area contributed by atoms with E-state index in [0.717, 1.165) is 18.2 Å². The maximum Gasteiger partial charge on any atom is 0.416 e. The van der Waals surface area contributed by atoms with Gasteiger partial charge in [-0.1, -0.05) is 17.7 Å². The number of nitrogens with zero attached hydrogens (tertiary/aromatic N) is 1. The molecule has 1 N–H and O–H groups in total. The van der Waals surface area contributed by atoms with Crippen LogP contribution in [0.25, 0.3) is 0 Å². The molecule has 0 heterocycles. The van der Waals surface area contributed by atoms with Crippen molar-refractivity contribution in [1.29, 1.82) is 0 Å². The molecule has 0 aliphatic rings. The Morgan fingerprint density at radius 1 is 1.21 bits per heavy atom. The third kappa shape index (κ3) is 8.40. The summed E-state index contributed by atoms with van der Waals surface area (Å²) < 4.78 is 72.3. The second-order valence-electron chi connectivity index (χ2n) is 7.04. The Hall–Kier alpha value is -1.95. The molecule has 0 unspecified atom stereocenters. The molecule has 2 rings (SSSR count). The molecule has 0 aliphatic carbocycles. The molecule has 0 radical (unpaired) electrons. The van der Waals surface area contributed by atoms with Crippen molar-refractivity contribution in [3.05, 3.63) is 59.1 Å². The van der Waals surface area contributed by atoms with Gasteiger partial charge in [0.15, 0.2) is 0 Å². The van der Waals surface area contributed by atoms with E-state index >= 15 is 0 Å². The summed E-state index contributed by atoms with van der Waals surface area (Å²) in [6, 6.07) is 8.92. The molecule has 33 heavy (non-hydrogen) atoms. The average molecular weight is 525 g/mol. The number of hydrogen-bond acceptors (Lipinski definition) is 5. The summed E-state index contributed by atoms with van der Waals surface area (Å²) in [5.74, 6) is 0.514. The molecular weight excluding hydrogens is 501 g/mol. The van der Waals surface area contributed by atoms with Gasteiger partial charge in [-0.05, 0) is 60.9 Å². The largest absolute Gasteiger partial charge is 0.492 e. The summed E-state index contributed by atoms with van der Waals surface area (Å²) in [5, 5.41) is 0.555. The summed E-state index contributed by atoms with van der Waals surface area (Å²) in [4.78, 5) is 13.7. The van der Waals surface area contributed by atoms with Gasteiger partial charge in [0.2, 0.25) is 15.9 Å². The van der Waals surface area contributed by atoms with Crippen molar-refractivity contribution >= 4 is 39.3 Å². The summed E-state index contributed by atoms with van der Waals surface area (Å²) in [6.07, 6.45) is -2.73. The Bertz CT molecular complexity index is 1030. The van der Waals surface area contributed by atoms with Gasteiger partial charge in [0, 0.05) is 12.1 Å². The first-order valence-electron chi connectivity index (χ1n) is 9.76. The van der Waals surface area contributed by atoms with Crippen LogP contribution < -0.4 is 9.46 Å². The Kier molecular flexibility index (Phi) is 9.89. The van der Waals surface area contributed by atoms with E-state index in [1.54, 1.807) is 30.5 Å². The third-order valence-electron chi connectivity index (χ3n) is 4.56. The highest BCUT2D eigenvalue weighted by Crippen LogP contribution is 2.30. The van der Waals surface area contributed by atoms with Gasteiger partial charge in [0.05, 0.1) is 17.0 Å². The van der Waals surface area contributed by atoms with Crippen LogP contribution in [0.1, 0.15) is 12.0 Å². The summed E-state index contributed by atoms with van der Waals surface area (Å²) >= 11 is 7.23. The number of hydrogen-bond donors (Lipinski definition) is 1. The number of sulfonamides is 1. The quantitative estimate of drug-likeness (QED) is 0.474. The zero-order valence-electron chi connectivity index (χ0n) is 17.9. The molecule has 0 spiro atoms. The van der Waals surface area contributed by atoms with E-state index in [9.17, 15) is 26.4 Å². The van der Waals surface area contributed by atoms with Crippen molar-refractivity contribution in [2.75, 3.05) is 32.2 Å². The number of thioether (sulfide) groups is 1. The monoisotopic (exact) mass is 524 g/mol. The number of nitrogens with one attached hydrogen (secondary N) is 1. The molecule has 1 atom stereocenters. The summed E-state index contributed by atoms with van der Waals surface area (Å²) in [7, 11) is -2.87. The van der Waals surface area contributed by atoms with Crippen molar-refractivity contribution in [2.45, 2.75) is 23.5 Å². The van der Waals surface area contributed by atoms with Crippen LogP contribution in [0.2, 0.25) is 5.02 Å². The van der Waals surface area contributed by atoms with Gasteiger partial charge >= 0.3 is 6.18 Å². The van der Waals surface area contributed by atoms with Crippen molar-refractivity contribution < 1.29 is 31.1 Å². The number of carbonyl (C=O) groups is 1. The predicted octanol–water partition coefficient (Wildman–Crippen LogP) is 4.30. The van der Waals surface area contributed by atoms with Crippen LogP contribution in [0, 0.1) is 0 Å². The topological polar surface area (TPSA) is 75.7 Å². The van der Waals surface area contributed by atoms with Gasteiger partial charge in [0.25, 0.3) is 0 Å². The molecule has 2 aromatic rings. The van der Waals surface area contributed by atoms with Crippen LogP contribution in [0.3, 0.4) is 0 Å². The number of benzene rings is 2. The normalized spacial score (nSPS) is 12.9. The van der Waals surface area contributed by atoms with Gasteiger partial charge in [-0.15, -0.1) is 0 Å². The Balaban J connectivity index is 2.08. The second-order valence-corrected chi connectivity index (χ2v) is 10.2. The molecule has 182 valence electrons. The van der Waals surface area contributed by atoms with Crippen LogP contribution in [-0.4, -0.2) is 57.5 Å². The van der Waals surface area contributed by atoms with E-state index < -0.39 is 38.6 Å². The SMILES string of the molecule is CSCC[C@@H](NS(=O)(=O)c1cccc(C(F)(F)F)c1)C(=O)N(C)CCOc1ccc(Cl)cc1. The van der Waals surface area contributed by atoms with E-state index in [4.69, 9.17) is 16.3 Å². The molecule has 0 bridgehead atoms. The lowest BCUT2D eigenvalue weighted by molar-refractivity contribution is -0.137. The van der Waals surface area contributed by atoms with Crippen molar-refractivity contribution in [1.82, 2.24) is 9.62 Å². The predicted molar refractivity (Wildman–Crippen MR) is 123 cm³/mol. The van der Waals surface area contributed by atoms with E-state index in [1.165, 1.54) is 23.7 Å². The van der Waals surface area contributed by atoms with Crippen molar-refractivity contribution in [3.8, 4) is 5.75 Å². The Morgan fingerprint density at radius 2 is 1.88 bits per heavy atom. The first kappa shape index (κ1) is 27.3. The summed E-state index contributed by atoms with van der Waals surface area (Å²) in [6.45, 7) is 0.321. The third-order valence-corrected chi connectivity index (χ3v) is 6.93. The van der Waals surface area contributed by atoms with Crippen molar-refractivity contribution in [3.63, 3.8) is 0 Å². The number of likely N-dealkylation sites (N-methyl/N-ethyl adjacent to an activating group) is 1. The molecule has 6 nitrogen and oxygen atoms in total. The molecule has 0 aromatic heterocycles. The number of rotatable bonds is 11. The fourth-order valence-electron chi connectivity index (χ4n) is 2.77. The molecule has 0 aliphatic heterocycles. The van der Waals surface area contributed by atoms with E-state index in [2.05, 4.69) is 4.72 Å². The number of amides is 1. The minimum Gasteiger partial charge on any atom is -0.492 e. The highest BCUT2D eigenvalue weighted by atomic mass is 35.5. The summed E-state index contributed by atoms with van der Waals surface area (Å²) in [5.41, 5.74) is -1.09. The zero-order valence-corrected chi connectivity index (χ0v) is 20.3. The second kappa shape index (κ2) is 12.0. The van der Waals surface area contributed by atoms with Crippen LogP contribution in [0.5, 0.6) is 5.75 Å². The number of carbonyl (C=O) groups excluding carboxylic acids is 1. The van der Waals surface area contributed by atoms with Gasteiger partial charge < -0.3 is 9.64 Å². The Labute approximate surface area is 200 Å². The van der Waals surface area contributed by atoms with Gasteiger partial charge in [-0.3, -0.25) is 4.79 Å². The molecular formula is C21H24ClF3N2O4S2. The maximum atomic E-state index is 13.0. The lowest BCUT2D eigenvalue weighted by Gasteiger charge is -2.24.